The fraction of sp³-hybridized carbons (Fsp3) is 0.192. The first-order valence-electron chi connectivity index (χ1n) is 10.7. The third-order valence-electron chi connectivity index (χ3n) is 5.25. The van der Waals surface area contributed by atoms with Gasteiger partial charge in [-0.15, -0.1) is 0 Å². The molecule has 174 valence electrons. The van der Waals surface area contributed by atoms with Gasteiger partial charge in [-0.3, -0.25) is 9.36 Å². The lowest BCUT2D eigenvalue weighted by molar-refractivity contribution is -0.139. The van der Waals surface area contributed by atoms with Crippen LogP contribution in [-0.4, -0.2) is 23.8 Å². The predicted octanol–water partition coefficient (Wildman–Crippen LogP) is 3.50. The number of fused-ring (bicyclic) bond motifs is 1. The highest BCUT2D eigenvalue weighted by Gasteiger charge is 2.33. The van der Waals surface area contributed by atoms with Gasteiger partial charge in [0.2, 0.25) is 0 Å². The molecular formula is C26H23FN2O4S. The summed E-state index contributed by atoms with van der Waals surface area (Å²) in [7, 11) is 0. The highest BCUT2D eigenvalue weighted by atomic mass is 32.1. The number of ether oxygens (including phenoxy) is 2. The maximum Gasteiger partial charge on any atom is 0.338 e. The molecule has 2 heterocycles. The number of esters is 1. The van der Waals surface area contributed by atoms with Gasteiger partial charge in [-0.2, -0.15) is 0 Å². The molecular weight excluding hydrogens is 455 g/mol. The third-order valence-corrected chi connectivity index (χ3v) is 6.23. The van der Waals surface area contributed by atoms with E-state index in [4.69, 9.17) is 9.47 Å². The fourth-order valence-corrected chi connectivity index (χ4v) is 4.77. The van der Waals surface area contributed by atoms with Crippen molar-refractivity contribution in [1.82, 2.24) is 4.57 Å². The minimum atomic E-state index is -0.709. The molecule has 0 saturated heterocycles. The lowest BCUT2D eigenvalue weighted by atomic mass is 9.96. The second-order valence-electron chi connectivity index (χ2n) is 7.52. The summed E-state index contributed by atoms with van der Waals surface area (Å²) in [5, 5.41) is 0. The van der Waals surface area contributed by atoms with Crippen molar-refractivity contribution in [3.63, 3.8) is 0 Å². The smallest absolute Gasteiger partial charge is 0.338 e. The SMILES string of the molecule is C=CCOc1ccc([C@H]2C(C(=O)OCC)=C(C)N=c3sc(=Cc4ccc(F)cc4)c(=O)n32)cc1. The number of nitrogens with zero attached hydrogens (tertiary/aromatic N) is 2. The molecule has 6 nitrogen and oxygen atoms in total. The molecule has 2 aromatic carbocycles. The van der Waals surface area contributed by atoms with Gasteiger partial charge in [0, 0.05) is 0 Å². The Morgan fingerprint density at radius 3 is 2.56 bits per heavy atom. The van der Waals surface area contributed by atoms with Crippen LogP contribution in [0.5, 0.6) is 5.75 Å². The van der Waals surface area contributed by atoms with E-state index >= 15 is 0 Å². The molecule has 4 rings (SSSR count). The molecule has 0 amide bonds. The van der Waals surface area contributed by atoms with E-state index in [9.17, 15) is 14.0 Å². The molecule has 0 bridgehead atoms. The largest absolute Gasteiger partial charge is 0.490 e. The second-order valence-corrected chi connectivity index (χ2v) is 8.53. The molecule has 1 aromatic heterocycles. The zero-order valence-electron chi connectivity index (χ0n) is 18.8. The van der Waals surface area contributed by atoms with Crippen molar-refractivity contribution >= 4 is 23.4 Å². The van der Waals surface area contributed by atoms with E-state index in [1.165, 1.54) is 28.0 Å². The summed E-state index contributed by atoms with van der Waals surface area (Å²) in [5.41, 5.74) is 1.91. The third kappa shape index (κ3) is 4.63. The minimum Gasteiger partial charge on any atom is -0.490 e. The van der Waals surface area contributed by atoms with Crippen molar-refractivity contribution in [3.05, 3.63) is 109 Å². The molecule has 3 aromatic rings. The van der Waals surface area contributed by atoms with Crippen LogP contribution in [0.1, 0.15) is 31.0 Å². The van der Waals surface area contributed by atoms with E-state index in [2.05, 4.69) is 11.6 Å². The van der Waals surface area contributed by atoms with Crippen molar-refractivity contribution in [2.45, 2.75) is 19.9 Å². The first-order valence-corrected chi connectivity index (χ1v) is 11.5. The molecule has 1 atom stereocenters. The molecule has 0 unspecified atom stereocenters. The summed E-state index contributed by atoms with van der Waals surface area (Å²) in [6.07, 6.45) is 3.34. The Morgan fingerprint density at radius 1 is 1.21 bits per heavy atom. The van der Waals surface area contributed by atoms with E-state index < -0.39 is 12.0 Å². The van der Waals surface area contributed by atoms with Crippen LogP contribution < -0.4 is 19.6 Å². The molecule has 8 heteroatoms. The average molecular weight is 479 g/mol. The van der Waals surface area contributed by atoms with Gasteiger partial charge in [-0.25, -0.2) is 14.2 Å². The van der Waals surface area contributed by atoms with Crippen LogP contribution in [0.3, 0.4) is 0 Å². The lowest BCUT2D eigenvalue weighted by Gasteiger charge is -2.24. The van der Waals surface area contributed by atoms with Gasteiger partial charge in [-0.1, -0.05) is 48.3 Å². The van der Waals surface area contributed by atoms with Gasteiger partial charge in [0.1, 0.15) is 18.2 Å². The summed E-state index contributed by atoms with van der Waals surface area (Å²) < 4.78 is 26.1. The quantitative estimate of drug-likeness (QED) is 0.385. The molecule has 1 aliphatic heterocycles. The molecule has 0 N–H and O–H groups in total. The first-order chi connectivity index (χ1) is 16.4. The molecule has 0 aliphatic carbocycles. The Hall–Kier alpha value is -3.78. The Labute approximate surface area is 199 Å². The first kappa shape index (κ1) is 23.4. The second kappa shape index (κ2) is 10.0. The summed E-state index contributed by atoms with van der Waals surface area (Å²) >= 11 is 1.22. The number of carbonyl (C=O) groups excluding carboxylic acids is 1. The Morgan fingerprint density at radius 2 is 1.91 bits per heavy atom. The topological polar surface area (TPSA) is 69.9 Å². The summed E-state index contributed by atoms with van der Waals surface area (Å²) in [4.78, 5) is 31.4. The number of carbonyl (C=O) groups is 1. The number of allylic oxidation sites excluding steroid dienone is 1. The maximum absolute atomic E-state index is 13.5. The van der Waals surface area contributed by atoms with E-state index in [-0.39, 0.29) is 18.0 Å². The Bertz CT molecular complexity index is 1430. The van der Waals surface area contributed by atoms with E-state index in [1.807, 2.05) is 12.1 Å². The van der Waals surface area contributed by atoms with Gasteiger partial charge in [0.05, 0.1) is 28.5 Å². The number of halogens is 1. The van der Waals surface area contributed by atoms with Crippen LogP contribution in [0.4, 0.5) is 4.39 Å². The van der Waals surface area contributed by atoms with Gasteiger partial charge >= 0.3 is 5.97 Å². The highest BCUT2D eigenvalue weighted by Crippen LogP contribution is 2.31. The summed E-state index contributed by atoms with van der Waals surface area (Å²) in [6, 6.07) is 12.4. The molecule has 0 spiro atoms. The van der Waals surface area contributed by atoms with Gasteiger partial charge in [-0.05, 0) is 55.3 Å². The lowest BCUT2D eigenvalue weighted by Crippen LogP contribution is -2.39. The average Bonchev–Trinajstić information content (AvgIpc) is 3.13. The zero-order valence-corrected chi connectivity index (χ0v) is 19.6. The van der Waals surface area contributed by atoms with Crippen LogP contribution in [0.15, 0.2) is 82.2 Å². The van der Waals surface area contributed by atoms with Crippen molar-refractivity contribution < 1.29 is 18.7 Å². The summed E-state index contributed by atoms with van der Waals surface area (Å²) in [6.45, 7) is 7.67. The highest BCUT2D eigenvalue weighted by molar-refractivity contribution is 7.07. The number of benzene rings is 2. The van der Waals surface area contributed by atoms with Crippen LogP contribution in [0.25, 0.3) is 6.08 Å². The Kier molecular flexibility index (Phi) is 6.88. The van der Waals surface area contributed by atoms with Crippen molar-refractivity contribution in [2.24, 2.45) is 4.99 Å². The maximum atomic E-state index is 13.5. The van der Waals surface area contributed by atoms with Crippen LogP contribution in [0.2, 0.25) is 0 Å². The van der Waals surface area contributed by atoms with Crippen LogP contribution >= 0.6 is 11.3 Å². The van der Waals surface area contributed by atoms with Crippen molar-refractivity contribution in [3.8, 4) is 5.75 Å². The zero-order chi connectivity index (χ0) is 24.2. The number of aromatic nitrogens is 1. The number of hydrogen-bond acceptors (Lipinski definition) is 6. The molecule has 0 radical (unpaired) electrons. The number of rotatable bonds is 7. The van der Waals surface area contributed by atoms with Crippen LogP contribution in [0, 0.1) is 5.82 Å². The standard InChI is InChI=1S/C26H23FN2O4S/c1-4-14-33-20-12-8-18(9-13-20)23-22(25(31)32-5-2)16(3)28-26-29(23)24(30)21(34-26)15-17-6-10-19(27)11-7-17/h4,6-13,15,23H,1,5,14H2,2-3H3/t23-/m0/s1. The normalized spacial score (nSPS) is 15.5. The van der Waals surface area contributed by atoms with Crippen molar-refractivity contribution in [1.29, 1.82) is 0 Å². The molecule has 0 fully saturated rings. The van der Waals surface area contributed by atoms with Crippen molar-refractivity contribution in [2.75, 3.05) is 13.2 Å². The van der Waals surface area contributed by atoms with Gasteiger partial charge < -0.3 is 9.47 Å². The molecule has 34 heavy (non-hydrogen) atoms. The minimum absolute atomic E-state index is 0.200. The number of thiazole rings is 1. The van der Waals surface area contributed by atoms with Crippen LogP contribution in [-0.2, 0) is 9.53 Å². The summed E-state index contributed by atoms with van der Waals surface area (Å²) in [5.74, 6) is -0.229. The molecule has 0 saturated carbocycles. The number of hydrogen-bond donors (Lipinski definition) is 0. The van der Waals surface area contributed by atoms with E-state index in [1.54, 1.807) is 50.3 Å². The van der Waals surface area contributed by atoms with Gasteiger partial charge in [0.15, 0.2) is 4.80 Å². The monoisotopic (exact) mass is 478 g/mol. The van der Waals surface area contributed by atoms with E-state index in [0.717, 1.165) is 5.56 Å². The Balaban J connectivity index is 1.88. The fourth-order valence-electron chi connectivity index (χ4n) is 3.72. The van der Waals surface area contributed by atoms with E-state index in [0.29, 0.717) is 38.5 Å². The van der Waals surface area contributed by atoms with Gasteiger partial charge in [0.25, 0.3) is 5.56 Å². The predicted molar refractivity (Wildman–Crippen MR) is 129 cm³/mol. The molecule has 1 aliphatic rings.